The minimum absolute atomic E-state index is 0.186. The van der Waals surface area contributed by atoms with E-state index in [1.54, 1.807) is 6.07 Å². The number of hydrogen-bond donors (Lipinski definition) is 1. The Kier molecular flexibility index (Phi) is 12.5. The van der Waals surface area contributed by atoms with E-state index in [4.69, 9.17) is 30.5 Å². The normalized spacial score (nSPS) is 15.6. The number of benzene rings is 2. The molecule has 1 fully saturated rings. The molecule has 2 heterocycles. The Morgan fingerprint density at radius 1 is 0.854 bits per heavy atom. The highest BCUT2D eigenvalue weighted by Crippen LogP contribution is 2.31. The third-order valence-electron chi connectivity index (χ3n) is 7.31. The first-order valence-corrected chi connectivity index (χ1v) is 16.3. The number of hydrogen-bond acceptors (Lipinski definition) is 13. The van der Waals surface area contributed by atoms with Crippen molar-refractivity contribution in [3.05, 3.63) is 51.3 Å². The standard InChI is InChI=1S/C32H34ClIN4O10/c1-17(39)45-16-26(43)28(46-18(2)40)29(47-19(3)41)30(48-20(4)42)31(44)38-12-10-37(11-13-38)23-7-5-6-21(14-23)27-24-15-22(33)8-9-25(24)35-32(34)36-27/h5-9,14-15,26,28-30,43H,10-13,16H2,1-4H3/t26-,28-,29+,30-/m1/s1. The van der Waals surface area contributed by atoms with Gasteiger partial charge in [-0.25, -0.2) is 9.97 Å². The van der Waals surface area contributed by atoms with Crippen molar-refractivity contribution in [3.63, 3.8) is 0 Å². The van der Waals surface area contributed by atoms with Crippen molar-refractivity contribution in [2.24, 2.45) is 0 Å². The molecule has 14 nitrogen and oxygen atoms in total. The molecule has 1 aliphatic rings. The molecule has 0 spiro atoms. The van der Waals surface area contributed by atoms with Crippen LogP contribution in [-0.4, -0.2) is 107 Å². The number of fused-ring (bicyclic) bond motifs is 1. The lowest BCUT2D eigenvalue weighted by molar-refractivity contribution is -0.200. The molecule has 0 saturated carbocycles. The van der Waals surface area contributed by atoms with Crippen molar-refractivity contribution in [3.8, 4) is 11.3 Å². The Labute approximate surface area is 294 Å². The van der Waals surface area contributed by atoms with Crippen molar-refractivity contribution in [1.29, 1.82) is 0 Å². The van der Waals surface area contributed by atoms with E-state index in [1.807, 2.05) is 36.4 Å². The zero-order chi connectivity index (χ0) is 35.1. The van der Waals surface area contributed by atoms with Gasteiger partial charge in [0.25, 0.3) is 5.91 Å². The number of aliphatic hydroxyl groups is 1. The molecule has 16 heteroatoms. The Morgan fingerprint density at radius 2 is 1.50 bits per heavy atom. The van der Waals surface area contributed by atoms with E-state index in [-0.39, 0.29) is 13.1 Å². The number of ether oxygens (including phenoxy) is 4. The molecule has 4 atom stereocenters. The van der Waals surface area contributed by atoms with Crippen molar-refractivity contribution < 1.29 is 48.0 Å². The maximum absolute atomic E-state index is 13.9. The van der Waals surface area contributed by atoms with Crippen LogP contribution < -0.4 is 4.90 Å². The summed E-state index contributed by atoms with van der Waals surface area (Å²) in [5, 5.41) is 12.2. The number of aliphatic hydroxyl groups excluding tert-OH is 1. The van der Waals surface area contributed by atoms with Gasteiger partial charge in [0, 0.05) is 98.1 Å². The number of halogens is 2. The molecule has 0 bridgehead atoms. The highest BCUT2D eigenvalue weighted by Gasteiger charge is 2.46. The average molecular weight is 797 g/mol. The molecular weight excluding hydrogens is 763 g/mol. The smallest absolute Gasteiger partial charge is 0.303 e. The third kappa shape index (κ3) is 9.50. The van der Waals surface area contributed by atoms with Gasteiger partial charge < -0.3 is 33.9 Å². The van der Waals surface area contributed by atoms with Crippen LogP contribution in [0.3, 0.4) is 0 Å². The number of piperazine rings is 1. The number of esters is 4. The minimum Gasteiger partial charge on any atom is -0.463 e. The molecule has 4 rings (SSSR count). The molecule has 1 amide bonds. The second-order valence-electron chi connectivity index (χ2n) is 10.9. The van der Waals surface area contributed by atoms with Crippen LogP contribution in [0, 0.1) is 3.83 Å². The van der Waals surface area contributed by atoms with E-state index < -0.39 is 60.8 Å². The largest absolute Gasteiger partial charge is 0.463 e. The maximum Gasteiger partial charge on any atom is 0.303 e. The molecule has 1 N–H and O–H groups in total. The van der Waals surface area contributed by atoms with Crippen LogP contribution in [0.1, 0.15) is 27.7 Å². The number of aromatic nitrogens is 2. The highest BCUT2D eigenvalue weighted by atomic mass is 127. The van der Waals surface area contributed by atoms with Crippen LogP contribution in [0.25, 0.3) is 22.2 Å². The zero-order valence-electron chi connectivity index (χ0n) is 26.6. The predicted octanol–water partition coefficient (Wildman–Crippen LogP) is 2.92. The lowest BCUT2D eigenvalue weighted by atomic mass is 10.0. The maximum atomic E-state index is 13.9. The van der Waals surface area contributed by atoms with E-state index in [0.29, 0.717) is 21.9 Å². The van der Waals surface area contributed by atoms with Gasteiger partial charge in [-0.2, -0.15) is 0 Å². The molecule has 0 unspecified atom stereocenters. The summed E-state index contributed by atoms with van der Waals surface area (Å²) in [5.74, 6) is -4.15. The molecular formula is C32H34ClIN4O10. The van der Waals surface area contributed by atoms with E-state index >= 15 is 0 Å². The quantitative estimate of drug-likeness (QED) is 0.130. The Morgan fingerprint density at radius 3 is 2.12 bits per heavy atom. The molecule has 0 aliphatic carbocycles. The number of carbonyl (C=O) groups is 5. The molecule has 1 aromatic heterocycles. The number of anilines is 1. The fraction of sp³-hybridized carbons (Fsp3) is 0.406. The number of carbonyl (C=O) groups excluding carboxylic acids is 5. The van der Waals surface area contributed by atoms with E-state index in [0.717, 1.165) is 55.5 Å². The summed E-state index contributed by atoms with van der Waals surface area (Å²) in [5.41, 5.74) is 3.21. The molecule has 3 aromatic rings. The van der Waals surface area contributed by atoms with Gasteiger partial charge in [-0.15, -0.1) is 0 Å². The summed E-state index contributed by atoms with van der Waals surface area (Å²) in [7, 11) is 0. The zero-order valence-corrected chi connectivity index (χ0v) is 29.5. The Balaban J connectivity index is 1.57. The lowest BCUT2D eigenvalue weighted by Gasteiger charge is -2.39. The van der Waals surface area contributed by atoms with Gasteiger partial charge in [0.15, 0.2) is 16.0 Å². The van der Waals surface area contributed by atoms with Crippen molar-refractivity contribution >= 4 is 80.6 Å². The van der Waals surface area contributed by atoms with Crippen LogP contribution in [0.2, 0.25) is 5.02 Å². The second kappa shape index (κ2) is 16.3. The molecule has 48 heavy (non-hydrogen) atoms. The molecule has 0 radical (unpaired) electrons. The lowest BCUT2D eigenvalue weighted by Crippen LogP contribution is -2.59. The van der Waals surface area contributed by atoms with Gasteiger partial charge >= 0.3 is 23.9 Å². The SMILES string of the molecule is CC(=O)OC[C@@H](O)[C@@H](OC(C)=O)[C@H](OC(C)=O)[C@@H](OC(C)=O)C(=O)N1CCN(c2cccc(-c3nc(I)nc4ccc(Cl)cc34)c2)CC1. The number of amides is 1. The molecule has 2 aromatic carbocycles. The Bertz CT molecular complexity index is 1700. The van der Waals surface area contributed by atoms with Gasteiger partial charge in [0.05, 0.1) is 11.2 Å². The van der Waals surface area contributed by atoms with Gasteiger partial charge in [0.2, 0.25) is 6.10 Å². The fourth-order valence-corrected chi connectivity index (χ4v) is 5.96. The van der Waals surface area contributed by atoms with Crippen molar-refractivity contribution in [1.82, 2.24) is 14.9 Å². The highest BCUT2D eigenvalue weighted by molar-refractivity contribution is 14.1. The predicted molar refractivity (Wildman–Crippen MR) is 181 cm³/mol. The summed E-state index contributed by atoms with van der Waals surface area (Å²) in [6, 6.07) is 13.2. The first-order valence-electron chi connectivity index (χ1n) is 14.8. The first-order chi connectivity index (χ1) is 22.7. The van der Waals surface area contributed by atoms with E-state index in [9.17, 15) is 29.1 Å². The van der Waals surface area contributed by atoms with E-state index in [1.165, 1.54) is 4.90 Å². The fourth-order valence-electron chi connectivity index (χ4n) is 5.29. The van der Waals surface area contributed by atoms with Crippen LogP contribution in [-0.2, 0) is 42.9 Å². The number of rotatable bonds is 11. The van der Waals surface area contributed by atoms with Crippen molar-refractivity contribution in [2.45, 2.75) is 52.1 Å². The van der Waals surface area contributed by atoms with Crippen LogP contribution in [0.15, 0.2) is 42.5 Å². The van der Waals surface area contributed by atoms with Crippen LogP contribution in [0.4, 0.5) is 5.69 Å². The van der Waals surface area contributed by atoms with Gasteiger partial charge in [-0.3, -0.25) is 24.0 Å². The number of nitrogens with zero attached hydrogens (tertiary/aromatic N) is 4. The minimum atomic E-state index is -1.79. The van der Waals surface area contributed by atoms with Crippen molar-refractivity contribution in [2.75, 3.05) is 37.7 Å². The van der Waals surface area contributed by atoms with Gasteiger partial charge in [0.1, 0.15) is 12.7 Å². The summed E-state index contributed by atoms with van der Waals surface area (Å²) in [6.45, 7) is 4.73. The summed E-state index contributed by atoms with van der Waals surface area (Å²) < 4.78 is 21.3. The van der Waals surface area contributed by atoms with Gasteiger partial charge in [-0.05, 0) is 30.3 Å². The van der Waals surface area contributed by atoms with E-state index in [2.05, 4.69) is 37.5 Å². The molecule has 256 valence electrons. The average Bonchev–Trinajstić information content (AvgIpc) is 3.03. The summed E-state index contributed by atoms with van der Waals surface area (Å²) in [6.07, 6.45) is -7.01. The Hall–Kier alpha value is -4.09. The second-order valence-corrected chi connectivity index (χ2v) is 12.3. The van der Waals surface area contributed by atoms with Gasteiger partial charge in [-0.1, -0.05) is 23.7 Å². The van der Waals surface area contributed by atoms with Crippen LogP contribution >= 0.6 is 34.2 Å². The topological polar surface area (TPSA) is 175 Å². The molecule has 1 aliphatic heterocycles. The summed E-state index contributed by atoms with van der Waals surface area (Å²) in [4.78, 5) is 74.2. The monoisotopic (exact) mass is 796 g/mol. The van der Waals surface area contributed by atoms with Crippen LogP contribution in [0.5, 0.6) is 0 Å². The summed E-state index contributed by atoms with van der Waals surface area (Å²) >= 11 is 8.35. The first kappa shape index (κ1) is 36.7. The third-order valence-corrected chi connectivity index (χ3v) is 8.02. The molecule has 1 saturated heterocycles.